The zero-order chi connectivity index (χ0) is 16.4. The summed E-state index contributed by atoms with van der Waals surface area (Å²) in [6.45, 7) is 2.90. The van der Waals surface area contributed by atoms with E-state index >= 15 is 0 Å². The molecule has 1 N–H and O–H groups in total. The van der Waals surface area contributed by atoms with E-state index in [1.165, 1.54) is 10.6 Å². The molecule has 0 unspecified atom stereocenters. The molecule has 1 aliphatic heterocycles. The third kappa shape index (κ3) is 3.65. The number of nitrogens with zero attached hydrogens (tertiary/aromatic N) is 4. The van der Waals surface area contributed by atoms with Crippen molar-refractivity contribution in [2.45, 2.75) is 25.9 Å². The standard InChI is InChI=1S/C15H19N5O2S/c1-11-18-13(14-6-8-20(14)23(2,21)22)9-15(19-11)17-10-12-5-3-4-7-16-12/h3-5,7,9,14H,6,8,10H2,1-2H3,(H,17,18,19)/t14-/m1/s1. The van der Waals surface area contributed by atoms with Crippen LogP contribution < -0.4 is 5.32 Å². The van der Waals surface area contributed by atoms with E-state index in [1.807, 2.05) is 24.3 Å². The molecular weight excluding hydrogens is 314 g/mol. The quantitative estimate of drug-likeness (QED) is 0.892. The maximum Gasteiger partial charge on any atom is 0.211 e. The highest BCUT2D eigenvalue weighted by molar-refractivity contribution is 7.88. The number of aromatic nitrogens is 3. The van der Waals surface area contributed by atoms with E-state index < -0.39 is 10.0 Å². The van der Waals surface area contributed by atoms with Crippen molar-refractivity contribution >= 4 is 15.8 Å². The van der Waals surface area contributed by atoms with Crippen molar-refractivity contribution < 1.29 is 8.42 Å². The first-order chi connectivity index (χ1) is 10.9. The molecule has 8 heteroatoms. The minimum atomic E-state index is -3.20. The zero-order valence-corrected chi connectivity index (χ0v) is 13.9. The van der Waals surface area contributed by atoms with Crippen molar-refractivity contribution in [2.24, 2.45) is 0 Å². The minimum absolute atomic E-state index is 0.192. The fraction of sp³-hybridized carbons (Fsp3) is 0.400. The second kappa shape index (κ2) is 6.21. The number of rotatable bonds is 5. The van der Waals surface area contributed by atoms with E-state index in [1.54, 1.807) is 13.1 Å². The summed E-state index contributed by atoms with van der Waals surface area (Å²) in [5, 5.41) is 3.22. The number of pyridine rings is 1. The van der Waals surface area contributed by atoms with E-state index in [-0.39, 0.29) is 6.04 Å². The minimum Gasteiger partial charge on any atom is -0.364 e. The van der Waals surface area contributed by atoms with Gasteiger partial charge in [0, 0.05) is 18.8 Å². The van der Waals surface area contributed by atoms with Gasteiger partial charge in [-0.1, -0.05) is 6.07 Å². The molecule has 1 saturated heterocycles. The third-order valence-electron chi connectivity index (χ3n) is 3.77. The molecule has 0 spiro atoms. The van der Waals surface area contributed by atoms with Gasteiger partial charge in [-0.3, -0.25) is 4.98 Å². The fourth-order valence-electron chi connectivity index (χ4n) is 2.59. The van der Waals surface area contributed by atoms with Crippen LogP contribution in [0.1, 0.15) is 29.7 Å². The van der Waals surface area contributed by atoms with Crippen LogP contribution in [0.3, 0.4) is 0 Å². The number of anilines is 1. The second-order valence-corrected chi connectivity index (χ2v) is 7.51. The summed E-state index contributed by atoms with van der Waals surface area (Å²) in [5.41, 5.74) is 1.64. The van der Waals surface area contributed by atoms with E-state index in [0.717, 1.165) is 17.8 Å². The second-order valence-electron chi connectivity index (χ2n) is 5.58. The Hall–Kier alpha value is -2.06. The van der Waals surface area contributed by atoms with Gasteiger partial charge in [0.25, 0.3) is 0 Å². The van der Waals surface area contributed by atoms with Gasteiger partial charge >= 0.3 is 0 Å². The van der Waals surface area contributed by atoms with Crippen LogP contribution in [0.15, 0.2) is 30.5 Å². The summed E-state index contributed by atoms with van der Waals surface area (Å²) in [6, 6.07) is 7.35. The van der Waals surface area contributed by atoms with Gasteiger partial charge < -0.3 is 5.32 Å². The van der Waals surface area contributed by atoms with Crippen LogP contribution in [0.2, 0.25) is 0 Å². The van der Waals surface area contributed by atoms with Crippen molar-refractivity contribution in [1.82, 2.24) is 19.3 Å². The van der Waals surface area contributed by atoms with Crippen molar-refractivity contribution in [3.63, 3.8) is 0 Å². The van der Waals surface area contributed by atoms with Gasteiger partial charge in [0.05, 0.1) is 30.2 Å². The Balaban J connectivity index is 1.77. The summed E-state index contributed by atoms with van der Waals surface area (Å²) in [6.07, 6.45) is 3.75. The molecule has 1 aliphatic rings. The molecular formula is C15H19N5O2S. The SMILES string of the molecule is Cc1nc(NCc2ccccn2)cc([C@H]2CCN2S(C)(=O)=O)n1. The van der Waals surface area contributed by atoms with Crippen molar-refractivity contribution in [3.8, 4) is 0 Å². The van der Waals surface area contributed by atoms with Gasteiger partial charge in [0.15, 0.2) is 0 Å². The summed E-state index contributed by atoms with van der Waals surface area (Å²) < 4.78 is 24.9. The average Bonchev–Trinajstić information content (AvgIpc) is 2.43. The lowest BCUT2D eigenvalue weighted by molar-refractivity contribution is 0.199. The third-order valence-corrected chi connectivity index (χ3v) is 5.06. The average molecular weight is 333 g/mol. The first kappa shape index (κ1) is 15.8. The van der Waals surface area contributed by atoms with Gasteiger partial charge in [-0.2, -0.15) is 4.31 Å². The first-order valence-electron chi connectivity index (χ1n) is 7.39. The predicted octanol–water partition coefficient (Wildman–Crippen LogP) is 1.50. The monoisotopic (exact) mass is 333 g/mol. The number of sulfonamides is 1. The molecule has 0 radical (unpaired) electrons. The molecule has 0 aliphatic carbocycles. The van der Waals surface area contributed by atoms with E-state index in [4.69, 9.17) is 0 Å². The van der Waals surface area contributed by atoms with Gasteiger partial charge in [-0.25, -0.2) is 18.4 Å². The highest BCUT2D eigenvalue weighted by atomic mass is 32.2. The van der Waals surface area contributed by atoms with Crippen molar-refractivity contribution in [3.05, 3.63) is 47.7 Å². The first-order valence-corrected chi connectivity index (χ1v) is 9.24. The number of hydrogen-bond acceptors (Lipinski definition) is 6. The molecule has 0 saturated carbocycles. The zero-order valence-electron chi connectivity index (χ0n) is 13.1. The lowest BCUT2D eigenvalue weighted by atomic mass is 10.0. The normalized spacial score (nSPS) is 18.4. The molecule has 1 fully saturated rings. The topological polar surface area (TPSA) is 88.1 Å². The van der Waals surface area contributed by atoms with Crippen LogP contribution in [0, 0.1) is 6.92 Å². The molecule has 2 aromatic rings. The maximum absolute atomic E-state index is 11.7. The summed E-state index contributed by atoms with van der Waals surface area (Å²) in [4.78, 5) is 13.0. The lowest BCUT2D eigenvalue weighted by Crippen LogP contribution is -2.44. The Bertz CT molecular complexity index is 795. The molecule has 23 heavy (non-hydrogen) atoms. The van der Waals surface area contributed by atoms with Crippen molar-refractivity contribution in [2.75, 3.05) is 18.1 Å². The lowest BCUT2D eigenvalue weighted by Gasteiger charge is -2.38. The Kier molecular flexibility index (Phi) is 4.27. The van der Waals surface area contributed by atoms with Gasteiger partial charge in [0.2, 0.25) is 10.0 Å². The summed E-state index contributed by atoms with van der Waals surface area (Å²) >= 11 is 0. The molecule has 0 amide bonds. The molecule has 1 atom stereocenters. The van der Waals surface area contributed by atoms with Gasteiger partial charge in [-0.15, -0.1) is 0 Å². The van der Waals surface area contributed by atoms with Crippen LogP contribution in [0.25, 0.3) is 0 Å². The van der Waals surface area contributed by atoms with Crippen molar-refractivity contribution in [1.29, 1.82) is 0 Å². The Morgan fingerprint density at radius 1 is 1.35 bits per heavy atom. The largest absolute Gasteiger partial charge is 0.364 e. The van der Waals surface area contributed by atoms with E-state index in [2.05, 4.69) is 20.3 Å². The highest BCUT2D eigenvalue weighted by Gasteiger charge is 2.37. The number of nitrogens with one attached hydrogen (secondary N) is 1. The molecule has 7 nitrogen and oxygen atoms in total. The summed E-state index contributed by atoms with van der Waals surface area (Å²) in [5.74, 6) is 1.30. The molecule has 0 bridgehead atoms. The molecule has 3 rings (SSSR count). The molecule has 2 aromatic heterocycles. The highest BCUT2D eigenvalue weighted by Crippen LogP contribution is 2.34. The Morgan fingerprint density at radius 3 is 2.78 bits per heavy atom. The molecule has 122 valence electrons. The Labute approximate surface area is 135 Å². The summed E-state index contributed by atoms with van der Waals surface area (Å²) in [7, 11) is -3.20. The Morgan fingerprint density at radius 2 is 2.17 bits per heavy atom. The van der Waals surface area contributed by atoms with E-state index in [9.17, 15) is 8.42 Å². The predicted molar refractivity (Wildman–Crippen MR) is 87.2 cm³/mol. The van der Waals surface area contributed by atoms with Crippen LogP contribution in [-0.4, -0.2) is 40.5 Å². The van der Waals surface area contributed by atoms with Gasteiger partial charge in [0.1, 0.15) is 11.6 Å². The smallest absolute Gasteiger partial charge is 0.211 e. The van der Waals surface area contributed by atoms with E-state index in [0.29, 0.717) is 24.7 Å². The maximum atomic E-state index is 11.7. The van der Waals surface area contributed by atoms with Crippen LogP contribution in [0.4, 0.5) is 5.82 Å². The van der Waals surface area contributed by atoms with Crippen LogP contribution in [-0.2, 0) is 16.6 Å². The molecule has 0 aromatic carbocycles. The number of hydrogen-bond donors (Lipinski definition) is 1. The fourth-order valence-corrected chi connectivity index (χ4v) is 3.70. The van der Waals surface area contributed by atoms with Crippen LogP contribution >= 0.6 is 0 Å². The van der Waals surface area contributed by atoms with Gasteiger partial charge in [-0.05, 0) is 25.5 Å². The number of aryl methyl sites for hydroxylation is 1. The molecule has 3 heterocycles. The van der Waals surface area contributed by atoms with Crippen LogP contribution in [0.5, 0.6) is 0 Å².